The van der Waals surface area contributed by atoms with Crippen molar-refractivity contribution in [1.29, 1.82) is 0 Å². The average Bonchev–Trinajstić information content (AvgIpc) is 2.83. The second-order valence-corrected chi connectivity index (χ2v) is 13.5. The number of piperidine rings is 1. The van der Waals surface area contributed by atoms with Crippen LogP contribution in [0.1, 0.15) is 82.5 Å². The van der Waals surface area contributed by atoms with Gasteiger partial charge in [0, 0.05) is 19.1 Å². The van der Waals surface area contributed by atoms with Crippen LogP contribution in [0.2, 0.25) is 0 Å². The van der Waals surface area contributed by atoms with Crippen molar-refractivity contribution in [2.45, 2.75) is 88.8 Å². The summed E-state index contributed by atoms with van der Waals surface area (Å²) in [6, 6.07) is 3.98. The van der Waals surface area contributed by atoms with Crippen LogP contribution in [-0.2, 0) is 4.79 Å². The van der Waals surface area contributed by atoms with Crippen LogP contribution in [0.3, 0.4) is 0 Å². The van der Waals surface area contributed by atoms with Gasteiger partial charge < -0.3 is 20.4 Å². The molecule has 6 rings (SSSR count). The van der Waals surface area contributed by atoms with Gasteiger partial charge in [0.25, 0.3) is 5.91 Å². The minimum Gasteiger partial charge on any atom is -0.481 e. The maximum atomic E-state index is 13.5. The zero-order valence-corrected chi connectivity index (χ0v) is 22.6. The molecule has 36 heavy (non-hydrogen) atoms. The van der Waals surface area contributed by atoms with Gasteiger partial charge in [-0.15, -0.1) is 11.8 Å². The molecule has 4 bridgehead atoms. The lowest BCUT2D eigenvalue weighted by molar-refractivity contribution is -0.150. The molecule has 1 aliphatic heterocycles. The van der Waals surface area contributed by atoms with Crippen LogP contribution in [0.15, 0.2) is 17.2 Å². The number of amides is 1. The summed E-state index contributed by atoms with van der Waals surface area (Å²) in [6.45, 7) is 7.26. The maximum Gasteiger partial charge on any atom is 0.309 e. The number of hydrogen-bond acceptors (Lipinski definition) is 6. The summed E-state index contributed by atoms with van der Waals surface area (Å²) in [7, 11) is 0. The van der Waals surface area contributed by atoms with Crippen LogP contribution >= 0.6 is 11.8 Å². The van der Waals surface area contributed by atoms with E-state index in [1.807, 2.05) is 26.0 Å². The van der Waals surface area contributed by atoms with Gasteiger partial charge in [-0.05, 0) is 107 Å². The number of pyridine rings is 1. The third-order valence-corrected chi connectivity index (χ3v) is 10.6. The van der Waals surface area contributed by atoms with Gasteiger partial charge in [-0.3, -0.25) is 9.59 Å². The van der Waals surface area contributed by atoms with Crippen LogP contribution < -0.4 is 10.2 Å². The summed E-state index contributed by atoms with van der Waals surface area (Å²) < 4.78 is 0. The molecule has 4 saturated carbocycles. The van der Waals surface area contributed by atoms with Crippen molar-refractivity contribution in [3.8, 4) is 0 Å². The molecule has 3 N–H and O–H groups in total. The Morgan fingerprint density at radius 3 is 2.58 bits per heavy atom. The number of thioether (sulfide) groups is 1. The van der Waals surface area contributed by atoms with E-state index in [0.29, 0.717) is 29.9 Å². The number of carbonyl (C=O) groups is 2. The predicted octanol–water partition coefficient (Wildman–Crippen LogP) is 4.58. The third-order valence-electron chi connectivity index (χ3n) is 9.39. The van der Waals surface area contributed by atoms with E-state index >= 15 is 0 Å². The monoisotopic (exact) mass is 515 g/mol. The summed E-state index contributed by atoms with van der Waals surface area (Å²) >= 11 is 1.62. The quantitative estimate of drug-likeness (QED) is 0.436. The molecule has 5 aliphatic rings. The molecule has 5 fully saturated rings. The molecule has 3 atom stereocenters. The van der Waals surface area contributed by atoms with E-state index in [1.165, 1.54) is 0 Å². The Balaban J connectivity index is 1.33. The number of carboxylic acid groups (broad SMARTS) is 1. The largest absolute Gasteiger partial charge is 0.481 e. The fourth-order valence-electron chi connectivity index (χ4n) is 7.48. The first-order chi connectivity index (χ1) is 17.1. The molecule has 198 valence electrons. The molecule has 1 aromatic rings. The van der Waals surface area contributed by atoms with Gasteiger partial charge in [0.15, 0.2) is 0 Å². The fourth-order valence-corrected chi connectivity index (χ4v) is 8.36. The van der Waals surface area contributed by atoms with E-state index in [9.17, 15) is 19.8 Å². The summed E-state index contributed by atoms with van der Waals surface area (Å²) in [5, 5.41) is 24.7. The zero-order valence-electron chi connectivity index (χ0n) is 21.8. The lowest BCUT2D eigenvalue weighted by Crippen LogP contribution is -2.61. The Kier molecular flexibility index (Phi) is 7.05. The molecule has 8 heteroatoms. The standard InChI is InChI=1S/C28H41N3O4S/c1-4-10-36-25-21(24(32)30-23-18-11-17-12-19(23)15-28(35,13-17)14-18)7-8-22(29-25)31-9-5-6-20(16-31)27(2,3)26(33)34/h7-8,17-20,23,35H,4-6,9-16H2,1-3H3,(H,30,32)(H,33,34). The highest BCUT2D eigenvalue weighted by Crippen LogP contribution is 2.55. The Bertz CT molecular complexity index is 999. The van der Waals surface area contributed by atoms with Crippen molar-refractivity contribution in [1.82, 2.24) is 10.3 Å². The van der Waals surface area contributed by atoms with Crippen LogP contribution in [0.5, 0.6) is 0 Å². The van der Waals surface area contributed by atoms with E-state index in [4.69, 9.17) is 4.98 Å². The number of aliphatic carboxylic acids is 1. The molecule has 7 nitrogen and oxygen atoms in total. The number of rotatable bonds is 8. The number of anilines is 1. The number of nitrogens with one attached hydrogen (secondary N) is 1. The first kappa shape index (κ1) is 25.8. The van der Waals surface area contributed by atoms with Gasteiger partial charge in [-0.1, -0.05) is 6.92 Å². The molecule has 4 aliphatic carbocycles. The Morgan fingerprint density at radius 1 is 1.22 bits per heavy atom. The Labute approximate surface area is 218 Å². The first-order valence-electron chi connectivity index (χ1n) is 13.7. The SMILES string of the molecule is CCCSc1nc(N2CCCC(C(C)(C)C(=O)O)C2)ccc1C(=O)NC1C2CC3CC1CC(O)(C3)C2. The van der Waals surface area contributed by atoms with Gasteiger partial charge in [-0.25, -0.2) is 4.98 Å². The normalized spacial score (nSPS) is 33.6. The number of aliphatic hydroxyl groups is 1. The second kappa shape index (κ2) is 9.82. The van der Waals surface area contributed by atoms with Crippen LogP contribution in [0.4, 0.5) is 5.82 Å². The lowest BCUT2D eigenvalue weighted by Gasteiger charge is -2.58. The summed E-state index contributed by atoms with van der Waals surface area (Å²) in [6.07, 6.45) is 7.59. The van der Waals surface area contributed by atoms with E-state index in [2.05, 4.69) is 17.1 Å². The van der Waals surface area contributed by atoms with Crippen molar-refractivity contribution < 1.29 is 19.8 Å². The van der Waals surface area contributed by atoms with Crippen molar-refractivity contribution in [2.24, 2.45) is 29.1 Å². The topological polar surface area (TPSA) is 103 Å². The van der Waals surface area contributed by atoms with E-state index in [-0.39, 0.29) is 17.9 Å². The van der Waals surface area contributed by atoms with Crippen LogP contribution in [0, 0.1) is 29.1 Å². The highest BCUT2D eigenvalue weighted by Gasteiger charge is 2.55. The highest BCUT2D eigenvalue weighted by molar-refractivity contribution is 7.99. The molecule has 0 aromatic carbocycles. The fraction of sp³-hybridized carbons (Fsp3) is 0.750. The number of hydrogen-bond donors (Lipinski definition) is 3. The average molecular weight is 516 g/mol. The number of carbonyl (C=O) groups excluding carboxylic acids is 1. The number of aromatic nitrogens is 1. The van der Waals surface area contributed by atoms with Gasteiger partial charge in [0.05, 0.1) is 16.6 Å². The molecular weight excluding hydrogens is 474 g/mol. The maximum absolute atomic E-state index is 13.5. The Hall–Kier alpha value is -1.80. The van der Waals surface area contributed by atoms with Crippen molar-refractivity contribution in [3.63, 3.8) is 0 Å². The summed E-state index contributed by atoms with van der Waals surface area (Å²) in [4.78, 5) is 32.5. The summed E-state index contributed by atoms with van der Waals surface area (Å²) in [5.74, 6) is 2.29. The molecule has 0 spiro atoms. The first-order valence-corrected chi connectivity index (χ1v) is 14.7. The van der Waals surface area contributed by atoms with Crippen LogP contribution in [-0.4, -0.2) is 57.6 Å². The molecule has 1 amide bonds. The predicted molar refractivity (Wildman–Crippen MR) is 141 cm³/mol. The minimum absolute atomic E-state index is 0.0482. The Morgan fingerprint density at radius 2 is 1.94 bits per heavy atom. The molecule has 3 unspecified atom stereocenters. The van der Waals surface area contributed by atoms with E-state index in [1.54, 1.807) is 11.8 Å². The van der Waals surface area contributed by atoms with Crippen molar-refractivity contribution >= 4 is 29.5 Å². The smallest absolute Gasteiger partial charge is 0.309 e. The van der Waals surface area contributed by atoms with Crippen molar-refractivity contribution in [3.05, 3.63) is 17.7 Å². The summed E-state index contributed by atoms with van der Waals surface area (Å²) in [5.41, 5.74) is -0.668. The molecular formula is C28H41N3O4S. The van der Waals surface area contributed by atoms with Crippen LogP contribution in [0.25, 0.3) is 0 Å². The molecule has 0 radical (unpaired) electrons. The number of carboxylic acids is 1. The van der Waals surface area contributed by atoms with Gasteiger partial charge >= 0.3 is 5.97 Å². The highest BCUT2D eigenvalue weighted by atomic mass is 32.2. The van der Waals surface area contributed by atoms with Gasteiger partial charge in [-0.2, -0.15) is 0 Å². The van der Waals surface area contributed by atoms with E-state index < -0.39 is 17.0 Å². The van der Waals surface area contributed by atoms with Gasteiger partial charge in [0.1, 0.15) is 10.8 Å². The third kappa shape index (κ3) is 4.87. The lowest BCUT2D eigenvalue weighted by atomic mass is 9.52. The molecule has 2 heterocycles. The second-order valence-electron chi connectivity index (χ2n) is 12.4. The minimum atomic E-state index is -0.788. The van der Waals surface area contributed by atoms with E-state index in [0.717, 1.165) is 74.5 Å². The van der Waals surface area contributed by atoms with Gasteiger partial charge in [0.2, 0.25) is 0 Å². The zero-order chi connectivity index (χ0) is 25.7. The number of nitrogens with zero attached hydrogens (tertiary/aromatic N) is 2. The molecule has 1 aromatic heterocycles. The van der Waals surface area contributed by atoms with Crippen molar-refractivity contribution in [2.75, 3.05) is 23.7 Å². The molecule has 1 saturated heterocycles.